The van der Waals surface area contributed by atoms with Crippen molar-refractivity contribution in [2.75, 3.05) is 108 Å². The summed E-state index contributed by atoms with van der Waals surface area (Å²) in [5, 5.41) is 21.2. The van der Waals surface area contributed by atoms with E-state index in [1.807, 2.05) is 116 Å². The Morgan fingerprint density at radius 1 is 0.795 bits per heavy atom. The van der Waals surface area contributed by atoms with E-state index in [-0.39, 0.29) is 53.4 Å². The Bertz CT molecular complexity index is 4500. The molecule has 606 valence electrons. The van der Waals surface area contributed by atoms with Gasteiger partial charge in [0.1, 0.15) is 10.9 Å². The number of rotatable bonds is 32. The highest BCUT2D eigenvalue weighted by Gasteiger charge is 2.49. The first-order valence-electron chi connectivity index (χ1n) is 39.6. The molecule has 2 unspecified atom stereocenters. The van der Waals surface area contributed by atoms with Crippen LogP contribution in [0.15, 0.2) is 147 Å². The summed E-state index contributed by atoms with van der Waals surface area (Å²) < 4.78 is 99.8. The molecule has 2 aliphatic carbocycles. The summed E-state index contributed by atoms with van der Waals surface area (Å²) in [5.41, 5.74) is 2.92. The molecule has 5 aromatic carbocycles. The number of piperidine rings is 1. The van der Waals surface area contributed by atoms with E-state index in [4.69, 9.17) is 11.6 Å². The third-order valence-electron chi connectivity index (χ3n) is 23.4. The maximum absolute atomic E-state index is 14.5. The van der Waals surface area contributed by atoms with Gasteiger partial charge in [-0.2, -0.15) is 13.2 Å². The number of carbonyl (C=O) groups is 4. The van der Waals surface area contributed by atoms with Gasteiger partial charge in [0.2, 0.25) is 17.7 Å². The highest BCUT2D eigenvalue weighted by atomic mass is 35.5. The fourth-order valence-corrected chi connectivity index (χ4v) is 21.1. The van der Waals surface area contributed by atoms with Gasteiger partial charge in [0.15, 0.2) is 0 Å². The number of sulfonamides is 1. The first-order valence-corrected chi connectivity index (χ1v) is 44.9. The number of thioether (sulfide) groups is 1. The van der Waals surface area contributed by atoms with Crippen LogP contribution in [0.4, 0.5) is 24.5 Å². The normalized spacial score (nSPS) is 21.8. The highest BCUT2D eigenvalue weighted by molar-refractivity contribution is 7.99. The Balaban J connectivity index is 0.578. The van der Waals surface area contributed by atoms with Crippen LogP contribution >= 0.6 is 34.7 Å². The lowest BCUT2D eigenvalue weighted by molar-refractivity contribution is -0.142. The quantitative estimate of drug-likeness (QED) is 0.0195. The molecule has 2 bridgehead atoms. The van der Waals surface area contributed by atoms with E-state index >= 15 is 0 Å². The zero-order chi connectivity index (χ0) is 79.7. The van der Waals surface area contributed by atoms with Crippen LogP contribution in [0.5, 0.6) is 0 Å². The molecule has 4 aliphatic heterocycles. The number of unbranched alkanes of at least 4 members (excludes halogenated alkanes) is 4. The maximum Gasteiger partial charge on any atom is 0.501 e. The van der Waals surface area contributed by atoms with Gasteiger partial charge < -0.3 is 40.7 Å². The van der Waals surface area contributed by atoms with Gasteiger partial charge in [0.25, 0.3) is 25.8 Å². The van der Waals surface area contributed by atoms with Gasteiger partial charge in [-0.05, 0) is 184 Å². The van der Waals surface area contributed by atoms with E-state index in [0.717, 1.165) is 154 Å². The summed E-state index contributed by atoms with van der Waals surface area (Å²) >= 11 is 9.48. The summed E-state index contributed by atoms with van der Waals surface area (Å²) in [6.07, 6.45) is 11.1. The SMILES string of the molecule is Cc1ncsc1-c1ccc([C@H](C)NC(=O)[C@@H]2C[C@@H](O)CN2C(=O)[C@@H](NCCCCCCCC(=O)N2CCN(C[C@]3(C)CCC(c4ccc(Cl)cc4)=C(CN4CCN(c5ccc(C(=O)NS(=O)(=O)c6ccc(N[C@H](CCN7CC8CCC7C8)CSc7ccccc7)c(S(=O)(=O)C(F)(F)F)c6)cc5)CC4)C3)CC2)C(C)(C)C)cc1. The molecule has 5 fully saturated rings. The Morgan fingerprint density at radius 3 is 2.14 bits per heavy atom. The predicted molar refractivity (Wildman–Crippen MR) is 439 cm³/mol. The predicted octanol–water partition coefficient (Wildman–Crippen LogP) is 13.7. The number of anilines is 2. The van der Waals surface area contributed by atoms with Crippen LogP contribution in [0.25, 0.3) is 16.0 Å². The lowest BCUT2D eigenvalue weighted by Crippen LogP contribution is -2.56. The summed E-state index contributed by atoms with van der Waals surface area (Å²) in [4.78, 5) is 73.0. The summed E-state index contributed by atoms with van der Waals surface area (Å²) in [6, 6.07) is 32.9. The number of likely N-dealkylation sites (tertiary alicyclic amines) is 2. The standard InChI is InChI=1S/C84H109ClF3N11O9S4/c1-57(60-19-21-62(22-20-60)77-58(2)90-56-110-77)91-80(103)74-48-69(100)53-99(74)81(104)78(82(3,4)5)89-37-14-9-7-8-13-17-76(101)97-45-41-95(42-46-97)55-83(6)36-34-72(61-23-27-65(85)28-24-61)64(50-83)52-94-39-43-96(44-40-94)67-30-25-63(26-31-67)79(102)93-112(107,108)71-32-33-73(75(49-71)111(105,106)84(86,87)88)92-66(54-109-70-15-11-10-12-16-70)35-38-98-51-59-18-29-68(98)47-59/h10-12,15-16,19-28,30-33,49,56-57,59,66,68-69,74,78,89,92,100H,7-9,13-14,17-18,29,34-48,50-55H2,1-6H3,(H,91,103)(H,93,102)/t57-,59?,66+,68?,69+,74-,78+,83+/m0/s1. The number of hydrogen-bond acceptors (Lipinski definition) is 18. The van der Waals surface area contributed by atoms with E-state index in [1.165, 1.54) is 47.0 Å². The molecule has 8 atom stereocenters. The van der Waals surface area contributed by atoms with Crippen LogP contribution in [-0.2, 0) is 34.2 Å². The number of thiazole rings is 1. The number of aliphatic hydroxyl groups excluding tert-OH is 1. The minimum absolute atomic E-state index is 0.00233. The second kappa shape index (κ2) is 36.9. The fraction of sp³-hybridized carbons (Fsp3) is 0.536. The molecule has 0 spiro atoms. The number of aryl methyl sites for hydroxylation is 1. The zero-order valence-electron chi connectivity index (χ0n) is 65.2. The lowest BCUT2D eigenvalue weighted by atomic mass is 9.71. The topological polar surface area (TPSA) is 237 Å². The number of aliphatic hydroxyl groups is 1. The molecule has 112 heavy (non-hydrogen) atoms. The van der Waals surface area contributed by atoms with Crippen molar-refractivity contribution in [1.29, 1.82) is 0 Å². The molecule has 1 saturated carbocycles. The molecule has 12 rings (SSSR count). The van der Waals surface area contributed by atoms with Crippen molar-refractivity contribution < 1.29 is 54.3 Å². The number of nitrogens with zero attached hydrogens (tertiary/aromatic N) is 7. The van der Waals surface area contributed by atoms with E-state index in [1.54, 1.807) is 28.4 Å². The molecule has 5 N–H and O–H groups in total. The number of β-amino-alcohol motifs (C(OH)–C–C–N with tert-alkyl or cyclic N) is 1. The first kappa shape index (κ1) is 84.5. The smallest absolute Gasteiger partial charge is 0.391 e. The summed E-state index contributed by atoms with van der Waals surface area (Å²) in [7, 11) is -11.0. The van der Waals surface area contributed by atoms with E-state index in [2.05, 4.69) is 59.6 Å². The monoisotopic (exact) mass is 1640 g/mol. The van der Waals surface area contributed by atoms with Crippen molar-refractivity contribution in [2.45, 2.75) is 188 Å². The van der Waals surface area contributed by atoms with Crippen LogP contribution in [0, 0.1) is 23.7 Å². The molecule has 4 saturated heterocycles. The molecular formula is C84H109ClF3N11O9S4. The Labute approximate surface area is 672 Å². The highest BCUT2D eigenvalue weighted by Crippen LogP contribution is 2.45. The fourth-order valence-electron chi connectivity index (χ4n) is 17.1. The molecule has 1 aromatic heterocycles. The van der Waals surface area contributed by atoms with Gasteiger partial charge in [-0.3, -0.25) is 29.0 Å². The Hall–Kier alpha value is -6.92. The van der Waals surface area contributed by atoms with Crippen molar-refractivity contribution in [3.05, 3.63) is 160 Å². The summed E-state index contributed by atoms with van der Waals surface area (Å²) in [6.45, 7) is 22.2. The van der Waals surface area contributed by atoms with Crippen molar-refractivity contribution in [1.82, 2.24) is 44.8 Å². The van der Waals surface area contributed by atoms with Crippen LogP contribution in [0.1, 0.15) is 158 Å². The van der Waals surface area contributed by atoms with Crippen molar-refractivity contribution in [2.24, 2.45) is 16.7 Å². The molecule has 6 aliphatic rings. The lowest BCUT2D eigenvalue weighted by Gasteiger charge is -2.44. The number of halogens is 4. The van der Waals surface area contributed by atoms with Crippen molar-refractivity contribution in [3.8, 4) is 10.4 Å². The van der Waals surface area contributed by atoms with E-state index in [0.29, 0.717) is 80.9 Å². The summed E-state index contributed by atoms with van der Waals surface area (Å²) in [5.74, 6) is -0.305. The molecule has 20 nitrogen and oxygen atoms in total. The number of hydrogen-bond donors (Lipinski definition) is 5. The molecule has 5 heterocycles. The van der Waals surface area contributed by atoms with Gasteiger partial charge in [0, 0.05) is 137 Å². The maximum atomic E-state index is 14.5. The van der Waals surface area contributed by atoms with Crippen LogP contribution < -0.4 is 25.6 Å². The third kappa shape index (κ3) is 21.4. The second-order valence-corrected chi connectivity index (χ2v) is 38.9. The number of allylic oxidation sites excluding steroid dienone is 1. The number of benzene rings is 5. The number of aromatic nitrogens is 1. The number of fused-ring (bicyclic) bond motifs is 2. The van der Waals surface area contributed by atoms with Gasteiger partial charge in [-0.1, -0.05) is 119 Å². The van der Waals surface area contributed by atoms with Gasteiger partial charge >= 0.3 is 5.51 Å². The van der Waals surface area contributed by atoms with E-state index < -0.39 is 70.7 Å². The van der Waals surface area contributed by atoms with Crippen LogP contribution in [0.3, 0.4) is 0 Å². The number of sulfone groups is 1. The number of carbonyl (C=O) groups excluding carboxylic acids is 4. The van der Waals surface area contributed by atoms with Gasteiger partial charge in [-0.25, -0.2) is 26.5 Å². The minimum Gasteiger partial charge on any atom is -0.391 e. The molecule has 28 heteroatoms. The average Bonchev–Trinajstić information content (AvgIpc) is 1.06. The molecular weight excluding hydrogens is 1530 g/mol. The molecule has 0 radical (unpaired) electrons. The largest absolute Gasteiger partial charge is 0.501 e. The average molecular weight is 1640 g/mol. The Morgan fingerprint density at radius 2 is 1.48 bits per heavy atom. The number of amides is 4. The van der Waals surface area contributed by atoms with Gasteiger partial charge in [0.05, 0.1) is 44.9 Å². The van der Waals surface area contributed by atoms with Crippen LogP contribution in [-0.4, -0.2) is 208 Å². The number of piperazine rings is 2. The number of alkyl halides is 3. The van der Waals surface area contributed by atoms with E-state index in [9.17, 15) is 54.3 Å². The zero-order valence-corrected chi connectivity index (χ0v) is 69.2. The Kier molecular flexibility index (Phi) is 27.8. The molecule has 6 aromatic rings. The van der Waals surface area contributed by atoms with Crippen molar-refractivity contribution >= 4 is 95.1 Å². The minimum atomic E-state index is -6.09. The molecule has 4 amide bonds. The second-order valence-electron chi connectivity index (χ2n) is 33.0. The first-order chi connectivity index (χ1) is 53.4. The number of nitrogens with one attached hydrogen (secondary N) is 4. The van der Waals surface area contributed by atoms with Crippen LogP contribution in [0.2, 0.25) is 5.02 Å². The van der Waals surface area contributed by atoms with Gasteiger partial charge in [-0.15, -0.1) is 23.1 Å². The van der Waals surface area contributed by atoms with Crippen molar-refractivity contribution in [3.63, 3.8) is 0 Å². The third-order valence-corrected chi connectivity index (χ3v) is 28.7.